The summed E-state index contributed by atoms with van der Waals surface area (Å²) in [5.41, 5.74) is 1.79. The topological polar surface area (TPSA) is 79.8 Å². The molecule has 2 aromatic rings. The van der Waals surface area contributed by atoms with Crippen molar-refractivity contribution in [1.82, 2.24) is 14.8 Å². The van der Waals surface area contributed by atoms with Crippen LogP contribution >= 0.6 is 15.9 Å². The number of H-pyrrole nitrogens is 1. The molecule has 0 radical (unpaired) electrons. The Balaban J connectivity index is 2.36. The van der Waals surface area contributed by atoms with E-state index in [1.165, 1.54) is 12.4 Å². The number of carbonyl (C=O) groups is 1. The fourth-order valence-electron chi connectivity index (χ4n) is 1.84. The fraction of sp³-hybridized carbons (Fsp3) is 0.250. The molecule has 2 heterocycles. The van der Waals surface area contributed by atoms with E-state index in [-0.39, 0.29) is 17.0 Å². The number of nitrogens with zero attached hydrogens (tertiary/aromatic N) is 2. The monoisotopic (exact) mass is 324 g/mol. The summed E-state index contributed by atoms with van der Waals surface area (Å²) >= 11 is 3.11. The summed E-state index contributed by atoms with van der Waals surface area (Å²) in [7, 11) is 1.77. The third kappa shape index (κ3) is 2.46. The Labute approximate surface area is 118 Å². The molecule has 2 aromatic heterocycles. The van der Waals surface area contributed by atoms with Crippen LogP contribution in [0.2, 0.25) is 0 Å². The van der Waals surface area contributed by atoms with Gasteiger partial charge < -0.3 is 10.3 Å². The van der Waals surface area contributed by atoms with Crippen LogP contribution in [-0.4, -0.2) is 20.7 Å². The minimum Gasteiger partial charge on any atom is -0.365 e. The number of hydrogen-bond donors (Lipinski definition) is 2. The first-order valence-corrected chi connectivity index (χ1v) is 6.39. The van der Waals surface area contributed by atoms with E-state index in [1.54, 1.807) is 25.6 Å². The lowest BCUT2D eigenvalue weighted by atomic mass is 10.2. The van der Waals surface area contributed by atoms with Gasteiger partial charge in [0.2, 0.25) is 5.43 Å². The third-order valence-corrected chi connectivity index (χ3v) is 3.47. The van der Waals surface area contributed by atoms with Crippen molar-refractivity contribution in [3.05, 3.63) is 44.0 Å². The van der Waals surface area contributed by atoms with Crippen molar-refractivity contribution in [2.45, 2.75) is 13.8 Å². The van der Waals surface area contributed by atoms with E-state index in [1.807, 2.05) is 0 Å². The average molecular weight is 325 g/mol. The molecule has 0 aliphatic carbocycles. The fourth-order valence-corrected chi connectivity index (χ4v) is 2.18. The molecule has 0 fully saturated rings. The summed E-state index contributed by atoms with van der Waals surface area (Å²) in [5.74, 6) is -0.341. The molecular formula is C12H13BrN4O2. The highest BCUT2D eigenvalue weighted by Gasteiger charge is 2.18. The smallest absolute Gasteiger partial charge is 0.259 e. The van der Waals surface area contributed by atoms with E-state index in [2.05, 4.69) is 31.3 Å². The Hall–Kier alpha value is -1.89. The molecule has 0 aromatic carbocycles. The lowest BCUT2D eigenvalue weighted by molar-refractivity contribution is 0.102. The van der Waals surface area contributed by atoms with Crippen molar-refractivity contribution in [2.24, 2.45) is 7.05 Å². The molecule has 0 unspecified atom stereocenters. The number of halogens is 1. The lowest BCUT2D eigenvalue weighted by Crippen LogP contribution is -2.20. The van der Waals surface area contributed by atoms with E-state index in [4.69, 9.17) is 0 Å². The number of anilines is 1. The Morgan fingerprint density at radius 2 is 2.11 bits per heavy atom. The molecule has 0 spiro atoms. The van der Waals surface area contributed by atoms with Gasteiger partial charge in [-0.15, -0.1) is 0 Å². The van der Waals surface area contributed by atoms with E-state index < -0.39 is 0 Å². The van der Waals surface area contributed by atoms with E-state index in [9.17, 15) is 9.59 Å². The lowest BCUT2D eigenvalue weighted by Gasteiger charge is -2.05. The van der Waals surface area contributed by atoms with Gasteiger partial charge in [0.1, 0.15) is 5.69 Å². The van der Waals surface area contributed by atoms with Crippen molar-refractivity contribution >= 4 is 27.5 Å². The predicted molar refractivity (Wildman–Crippen MR) is 75.4 cm³/mol. The number of pyridine rings is 1. The standard InChI is InChI=1S/C12H13BrN4O2/c1-6-10(7(2)17(3)16-6)12(19)15-9-5-14-4-8(13)11(9)18/h4-5H,1-3H3,(H,14,18)(H,15,19). The Morgan fingerprint density at radius 3 is 2.68 bits per heavy atom. The first-order valence-electron chi connectivity index (χ1n) is 5.60. The molecular weight excluding hydrogens is 312 g/mol. The summed E-state index contributed by atoms with van der Waals surface area (Å²) < 4.78 is 2.00. The highest BCUT2D eigenvalue weighted by atomic mass is 79.9. The molecule has 7 heteroatoms. The maximum Gasteiger partial charge on any atom is 0.259 e. The van der Waals surface area contributed by atoms with E-state index in [0.717, 1.165) is 5.69 Å². The van der Waals surface area contributed by atoms with Crippen LogP contribution in [-0.2, 0) is 7.05 Å². The Bertz CT molecular complexity index is 702. The molecule has 6 nitrogen and oxygen atoms in total. The minimum absolute atomic E-state index is 0.196. The number of amides is 1. The predicted octanol–water partition coefficient (Wildman–Crippen LogP) is 1.74. The molecule has 19 heavy (non-hydrogen) atoms. The van der Waals surface area contributed by atoms with Gasteiger partial charge in [0.15, 0.2) is 0 Å². The van der Waals surface area contributed by atoms with Gasteiger partial charge in [-0.1, -0.05) is 0 Å². The van der Waals surface area contributed by atoms with Gasteiger partial charge in [0, 0.05) is 25.1 Å². The molecule has 2 N–H and O–H groups in total. The minimum atomic E-state index is -0.341. The largest absolute Gasteiger partial charge is 0.365 e. The first kappa shape index (κ1) is 13.5. The van der Waals surface area contributed by atoms with Crippen LogP contribution in [0.4, 0.5) is 5.69 Å². The zero-order valence-corrected chi connectivity index (χ0v) is 12.3. The summed E-state index contributed by atoms with van der Waals surface area (Å²) in [5, 5.41) is 6.77. The Kier molecular flexibility index (Phi) is 3.57. The molecule has 0 bridgehead atoms. The molecule has 0 aliphatic heterocycles. The van der Waals surface area contributed by atoms with Crippen molar-refractivity contribution in [3.8, 4) is 0 Å². The summed E-state index contributed by atoms with van der Waals surface area (Å²) in [6, 6.07) is 0. The molecule has 1 amide bonds. The van der Waals surface area contributed by atoms with Crippen LogP contribution in [0.1, 0.15) is 21.7 Å². The van der Waals surface area contributed by atoms with Crippen LogP contribution in [0.5, 0.6) is 0 Å². The number of carbonyl (C=O) groups excluding carboxylic acids is 1. The SMILES string of the molecule is Cc1nn(C)c(C)c1C(=O)Nc1c[nH]cc(Br)c1=O. The first-order chi connectivity index (χ1) is 8.91. The third-order valence-electron chi connectivity index (χ3n) is 2.88. The Morgan fingerprint density at radius 1 is 1.42 bits per heavy atom. The number of aromatic amines is 1. The van der Waals surface area contributed by atoms with Crippen LogP contribution in [0.15, 0.2) is 21.7 Å². The van der Waals surface area contributed by atoms with Crippen molar-refractivity contribution < 1.29 is 4.79 Å². The molecule has 2 rings (SSSR count). The zero-order chi connectivity index (χ0) is 14.2. The number of nitrogens with one attached hydrogen (secondary N) is 2. The average Bonchev–Trinajstić information content (AvgIpc) is 2.59. The van der Waals surface area contributed by atoms with E-state index in [0.29, 0.717) is 15.7 Å². The van der Waals surface area contributed by atoms with Crippen molar-refractivity contribution in [1.29, 1.82) is 0 Å². The van der Waals surface area contributed by atoms with Gasteiger partial charge in [0.05, 0.1) is 15.7 Å². The van der Waals surface area contributed by atoms with Crippen molar-refractivity contribution in [2.75, 3.05) is 5.32 Å². The normalized spacial score (nSPS) is 10.5. The highest BCUT2D eigenvalue weighted by Crippen LogP contribution is 2.14. The van der Waals surface area contributed by atoms with Crippen molar-refractivity contribution in [3.63, 3.8) is 0 Å². The summed E-state index contributed by atoms with van der Waals surface area (Å²) in [6.07, 6.45) is 2.96. The van der Waals surface area contributed by atoms with E-state index >= 15 is 0 Å². The summed E-state index contributed by atoms with van der Waals surface area (Å²) in [4.78, 5) is 26.8. The molecule has 0 atom stereocenters. The van der Waals surface area contributed by atoms with Gasteiger partial charge >= 0.3 is 0 Å². The van der Waals surface area contributed by atoms with Gasteiger partial charge in [-0.2, -0.15) is 5.10 Å². The number of aryl methyl sites for hydroxylation is 2. The molecule has 0 saturated heterocycles. The summed E-state index contributed by atoms with van der Waals surface area (Å²) in [6.45, 7) is 3.56. The van der Waals surface area contributed by atoms with Gasteiger partial charge in [-0.25, -0.2) is 0 Å². The highest BCUT2D eigenvalue weighted by molar-refractivity contribution is 9.10. The maximum atomic E-state index is 12.2. The quantitative estimate of drug-likeness (QED) is 0.883. The zero-order valence-electron chi connectivity index (χ0n) is 10.7. The molecule has 0 saturated carbocycles. The van der Waals surface area contributed by atoms with Crippen LogP contribution in [0.3, 0.4) is 0 Å². The van der Waals surface area contributed by atoms with Gasteiger partial charge in [0.25, 0.3) is 5.91 Å². The van der Waals surface area contributed by atoms with Crippen LogP contribution < -0.4 is 10.7 Å². The second-order valence-electron chi connectivity index (χ2n) is 4.17. The maximum absolute atomic E-state index is 12.2. The number of rotatable bonds is 2. The second-order valence-corrected chi connectivity index (χ2v) is 5.02. The second kappa shape index (κ2) is 5.00. The van der Waals surface area contributed by atoms with Gasteiger partial charge in [-0.05, 0) is 29.8 Å². The molecule has 0 aliphatic rings. The van der Waals surface area contributed by atoms with Gasteiger partial charge in [-0.3, -0.25) is 14.3 Å². The van der Waals surface area contributed by atoms with Crippen LogP contribution in [0, 0.1) is 13.8 Å². The number of aromatic nitrogens is 3. The van der Waals surface area contributed by atoms with Crippen LogP contribution in [0.25, 0.3) is 0 Å². The number of hydrogen-bond acceptors (Lipinski definition) is 3. The molecule has 100 valence electrons.